The summed E-state index contributed by atoms with van der Waals surface area (Å²) in [6.07, 6.45) is 0. The maximum absolute atomic E-state index is 13.6. The van der Waals surface area contributed by atoms with Crippen LogP contribution in [0.2, 0.25) is 0 Å². The predicted octanol–water partition coefficient (Wildman–Crippen LogP) is 2.86. The maximum Gasteiger partial charge on any atom is 0.221 e. The molecule has 0 saturated heterocycles. The molecule has 1 aromatic heterocycles. The zero-order chi connectivity index (χ0) is 14.5. The van der Waals surface area contributed by atoms with Crippen LogP contribution in [0.25, 0.3) is 0 Å². The number of amides is 1. The number of benzene rings is 1. The number of carbonyl (C=O) groups is 1. The molecule has 0 fully saturated rings. The summed E-state index contributed by atoms with van der Waals surface area (Å²) >= 11 is 0. The average Bonchev–Trinajstić information content (AvgIpc) is 2.87. The molecule has 0 atom stereocenters. The Bertz CT molecular complexity index is 673. The fourth-order valence-electron chi connectivity index (χ4n) is 1.66. The first-order valence-corrected chi connectivity index (χ1v) is 5.88. The number of anilines is 2. The lowest BCUT2D eigenvalue weighted by Crippen LogP contribution is -2.07. The summed E-state index contributed by atoms with van der Waals surface area (Å²) in [6.45, 7) is 1.62. The molecular weight excluding hydrogens is 261 g/mol. The van der Waals surface area contributed by atoms with Gasteiger partial charge < -0.3 is 15.1 Å². The van der Waals surface area contributed by atoms with Crippen LogP contribution in [0.5, 0.6) is 0 Å². The summed E-state index contributed by atoms with van der Waals surface area (Å²) < 4.78 is 18.8. The minimum Gasteiger partial charge on any atom is -0.449 e. The van der Waals surface area contributed by atoms with Gasteiger partial charge in [0.1, 0.15) is 17.6 Å². The van der Waals surface area contributed by atoms with Gasteiger partial charge in [0.25, 0.3) is 0 Å². The highest BCUT2D eigenvalue weighted by Gasteiger charge is 2.06. The van der Waals surface area contributed by atoms with Gasteiger partial charge in [-0.2, -0.15) is 5.26 Å². The van der Waals surface area contributed by atoms with Crippen molar-refractivity contribution >= 4 is 17.3 Å². The second kappa shape index (κ2) is 5.89. The molecule has 20 heavy (non-hydrogen) atoms. The molecule has 6 heteroatoms. The zero-order valence-electron chi connectivity index (χ0n) is 10.7. The lowest BCUT2D eigenvalue weighted by Gasteiger charge is -2.09. The molecule has 1 aromatic carbocycles. The number of nitrogens with zero attached hydrogens (tertiary/aromatic N) is 1. The largest absolute Gasteiger partial charge is 0.449 e. The van der Waals surface area contributed by atoms with Gasteiger partial charge in [-0.25, -0.2) is 4.39 Å². The highest BCUT2D eigenvalue weighted by molar-refractivity contribution is 5.89. The lowest BCUT2D eigenvalue weighted by atomic mass is 10.2. The van der Waals surface area contributed by atoms with Gasteiger partial charge in [-0.05, 0) is 30.3 Å². The molecule has 0 aliphatic carbocycles. The molecule has 5 nitrogen and oxygen atoms in total. The summed E-state index contributed by atoms with van der Waals surface area (Å²) in [5, 5.41) is 14.1. The molecule has 0 spiro atoms. The number of rotatable bonds is 4. The summed E-state index contributed by atoms with van der Waals surface area (Å²) in [4.78, 5) is 11.0. The van der Waals surface area contributed by atoms with Crippen molar-refractivity contribution in [3.63, 3.8) is 0 Å². The fourth-order valence-corrected chi connectivity index (χ4v) is 1.66. The highest BCUT2D eigenvalue weighted by Crippen LogP contribution is 2.20. The van der Waals surface area contributed by atoms with E-state index in [1.165, 1.54) is 25.1 Å². The van der Waals surface area contributed by atoms with Crippen molar-refractivity contribution in [3.8, 4) is 6.07 Å². The number of carbonyl (C=O) groups excluding carboxylic acids is 1. The Labute approximate surface area is 115 Å². The van der Waals surface area contributed by atoms with Crippen molar-refractivity contribution < 1.29 is 13.6 Å². The third-order valence-corrected chi connectivity index (χ3v) is 2.51. The summed E-state index contributed by atoms with van der Waals surface area (Å²) in [5.74, 6) is 0.0542. The molecule has 0 aliphatic rings. The third kappa shape index (κ3) is 3.36. The van der Waals surface area contributed by atoms with Crippen LogP contribution < -0.4 is 10.6 Å². The van der Waals surface area contributed by atoms with Crippen LogP contribution in [0.15, 0.2) is 34.7 Å². The normalized spacial score (nSPS) is 9.85. The molecule has 0 unspecified atom stereocenters. The second-order valence-corrected chi connectivity index (χ2v) is 4.11. The number of nitriles is 1. The smallest absolute Gasteiger partial charge is 0.221 e. The molecule has 102 valence electrons. The first-order valence-electron chi connectivity index (χ1n) is 5.88. The standard InChI is InChI=1S/C14H12FN3O2/c1-9(19)18-10-2-5-13(15)14(6-10)17-8-12-4-3-11(7-16)20-12/h2-6,17H,8H2,1H3,(H,18,19). The first-order chi connectivity index (χ1) is 9.58. The molecule has 2 rings (SSSR count). The Kier molecular flexibility index (Phi) is 4.01. The van der Waals surface area contributed by atoms with E-state index in [1.807, 2.05) is 6.07 Å². The predicted molar refractivity (Wildman–Crippen MR) is 71.5 cm³/mol. The van der Waals surface area contributed by atoms with Gasteiger partial charge in [0, 0.05) is 12.6 Å². The molecule has 2 aromatic rings. The summed E-state index contributed by atoms with van der Waals surface area (Å²) in [6, 6.07) is 9.28. The van der Waals surface area contributed by atoms with Crippen LogP contribution in [0.1, 0.15) is 18.4 Å². The third-order valence-electron chi connectivity index (χ3n) is 2.51. The van der Waals surface area contributed by atoms with Crippen molar-refractivity contribution in [2.45, 2.75) is 13.5 Å². The Balaban J connectivity index is 2.08. The number of hydrogen-bond donors (Lipinski definition) is 2. The van der Waals surface area contributed by atoms with E-state index in [0.717, 1.165) is 0 Å². The topological polar surface area (TPSA) is 78.1 Å². The van der Waals surface area contributed by atoms with Gasteiger partial charge in [0.15, 0.2) is 0 Å². The van der Waals surface area contributed by atoms with E-state index in [1.54, 1.807) is 12.1 Å². The monoisotopic (exact) mass is 273 g/mol. The number of nitrogens with one attached hydrogen (secondary N) is 2. The van der Waals surface area contributed by atoms with Crippen LogP contribution in [-0.4, -0.2) is 5.91 Å². The van der Waals surface area contributed by atoms with E-state index >= 15 is 0 Å². The van der Waals surface area contributed by atoms with E-state index < -0.39 is 5.82 Å². The molecule has 0 radical (unpaired) electrons. The zero-order valence-corrected chi connectivity index (χ0v) is 10.7. The second-order valence-electron chi connectivity index (χ2n) is 4.11. The van der Waals surface area contributed by atoms with Crippen molar-refractivity contribution in [3.05, 3.63) is 47.7 Å². The lowest BCUT2D eigenvalue weighted by molar-refractivity contribution is -0.114. The number of halogens is 1. The molecule has 0 saturated carbocycles. The van der Waals surface area contributed by atoms with Crippen molar-refractivity contribution in [2.24, 2.45) is 0 Å². The van der Waals surface area contributed by atoms with Crippen molar-refractivity contribution in [2.75, 3.05) is 10.6 Å². The Morgan fingerprint density at radius 3 is 2.85 bits per heavy atom. The Hall–Kier alpha value is -2.81. The minimum absolute atomic E-state index is 0.203. The van der Waals surface area contributed by atoms with Gasteiger partial charge >= 0.3 is 0 Å². The molecular formula is C14H12FN3O2. The fraction of sp³-hybridized carbons (Fsp3) is 0.143. The van der Waals surface area contributed by atoms with Crippen molar-refractivity contribution in [1.82, 2.24) is 0 Å². The van der Waals surface area contributed by atoms with E-state index in [2.05, 4.69) is 10.6 Å². The van der Waals surface area contributed by atoms with E-state index in [0.29, 0.717) is 11.4 Å². The van der Waals surface area contributed by atoms with Crippen LogP contribution >= 0.6 is 0 Å². The Morgan fingerprint density at radius 1 is 1.40 bits per heavy atom. The van der Waals surface area contributed by atoms with Crippen LogP contribution in [0.3, 0.4) is 0 Å². The molecule has 2 N–H and O–H groups in total. The number of hydrogen-bond acceptors (Lipinski definition) is 4. The SMILES string of the molecule is CC(=O)Nc1ccc(F)c(NCc2ccc(C#N)o2)c1. The Morgan fingerprint density at radius 2 is 2.20 bits per heavy atom. The minimum atomic E-state index is -0.439. The van der Waals surface area contributed by atoms with Crippen LogP contribution in [0.4, 0.5) is 15.8 Å². The molecule has 0 aliphatic heterocycles. The molecule has 0 bridgehead atoms. The summed E-state index contributed by atoms with van der Waals surface area (Å²) in [5.41, 5.74) is 0.740. The van der Waals surface area contributed by atoms with E-state index in [4.69, 9.17) is 9.68 Å². The molecule has 1 amide bonds. The summed E-state index contributed by atoms with van der Waals surface area (Å²) in [7, 11) is 0. The molecule has 1 heterocycles. The quantitative estimate of drug-likeness (QED) is 0.897. The van der Waals surface area contributed by atoms with Gasteiger partial charge in [-0.15, -0.1) is 0 Å². The van der Waals surface area contributed by atoms with Gasteiger partial charge in [-0.3, -0.25) is 4.79 Å². The first kappa shape index (κ1) is 13.6. The van der Waals surface area contributed by atoms with Crippen LogP contribution in [-0.2, 0) is 11.3 Å². The highest BCUT2D eigenvalue weighted by atomic mass is 19.1. The maximum atomic E-state index is 13.6. The van der Waals surface area contributed by atoms with E-state index in [-0.39, 0.29) is 23.9 Å². The van der Waals surface area contributed by atoms with Gasteiger partial charge in [-0.1, -0.05) is 0 Å². The van der Waals surface area contributed by atoms with Crippen molar-refractivity contribution in [1.29, 1.82) is 5.26 Å². The van der Waals surface area contributed by atoms with Gasteiger partial charge in [0.2, 0.25) is 11.7 Å². The average molecular weight is 273 g/mol. The van der Waals surface area contributed by atoms with Gasteiger partial charge in [0.05, 0.1) is 12.2 Å². The van der Waals surface area contributed by atoms with E-state index in [9.17, 15) is 9.18 Å². The van der Waals surface area contributed by atoms with Crippen LogP contribution in [0, 0.1) is 17.1 Å². The number of furan rings is 1.